The van der Waals surface area contributed by atoms with Gasteiger partial charge in [0, 0.05) is 6.72 Å². The minimum atomic E-state index is 1.01. The van der Waals surface area contributed by atoms with Crippen LogP contribution in [0.5, 0.6) is 0 Å². The highest BCUT2D eigenvalue weighted by atomic mass is 15.3. The van der Waals surface area contributed by atoms with Crippen molar-refractivity contribution in [1.82, 2.24) is 5.43 Å². The summed E-state index contributed by atoms with van der Waals surface area (Å²) in [5.41, 5.74) is 5.00. The maximum absolute atomic E-state index is 3.57. The lowest BCUT2D eigenvalue weighted by Gasteiger charge is -2.01. The van der Waals surface area contributed by atoms with Crippen LogP contribution in [0.3, 0.4) is 0 Å². The molecule has 0 rings (SSSR count). The average Bonchev–Trinajstić information content (AvgIpc) is 2.08. The third-order valence-corrected chi connectivity index (χ3v) is 1.07. The van der Waals surface area contributed by atoms with Crippen LogP contribution in [-0.2, 0) is 0 Å². The Morgan fingerprint density at radius 2 is 1.83 bits per heavy atom. The van der Waals surface area contributed by atoms with Gasteiger partial charge in [-0.3, -0.25) is 5.43 Å². The molecule has 0 aliphatic rings. The molecule has 0 spiro atoms. The molecule has 0 saturated heterocycles. The summed E-state index contributed by atoms with van der Waals surface area (Å²) in [7, 11) is 0. The van der Waals surface area contributed by atoms with Crippen molar-refractivity contribution < 1.29 is 0 Å². The van der Waals surface area contributed by atoms with Crippen molar-refractivity contribution in [3.8, 4) is 0 Å². The molecule has 0 saturated carbocycles. The SMILES string of the molecule is C=NNC(/C=C\C)=C(C)C.CC. The predicted octanol–water partition coefficient (Wildman–Crippen LogP) is 3.09. The Hall–Kier alpha value is -1.05. The molecule has 70 valence electrons. The monoisotopic (exact) mass is 168 g/mol. The number of hydrazone groups is 1. The van der Waals surface area contributed by atoms with Crippen molar-refractivity contribution in [2.75, 3.05) is 0 Å². The quantitative estimate of drug-likeness (QED) is 0.391. The van der Waals surface area contributed by atoms with Crippen LogP contribution in [0.15, 0.2) is 28.5 Å². The third-order valence-electron chi connectivity index (χ3n) is 1.07. The van der Waals surface area contributed by atoms with Gasteiger partial charge in [0.2, 0.25) is 0 Å². The summed E-state index contributed by atoms with van der Waals surface area (Å²) in [6.45, 7) is 13.3. The third kappa shape index (κ3) is 7.06. The molecule has 0 aromatic rings. The normalized spacial score (nSPS) is 8.42. The zero-order chi connectivity index (χ0) is 9.98. The second kappa shape index (κ2) is 9.95. The molecule has 0 unspecified atom stereocenters. The van der Waals surface area contributed by atoms with Gasteiger partial charge in [-0.25, -0.2) is 0 Å². The molecule has 0 aliphatic heterocycles. The molecule has 0 atom stereocenters. The summed E-state index contributed by atoms with van der Waals surface area (Å²) in [5.74, 6) is 0. The second-order valence-electron chi connectivity index (χ2n) is 2.18. The number of nitrogens with zero attached hydrogens (tertiary/aromatic N) is 1. The number of rotatable bonds is 3. The summed E-state index contributed by atoms with van der Waals surface area (Å²) in [6.07, 6.45) is 3.92. The first-order chi connectivity index (χ1) is 5.72. The van der Waals surface area contributed by atoms with Gasteiger partial charge in [0.15, 0.2) is 0 Å². The van der Waals surface area contributed by atoms with Gasteiger partial charge in [0.25, 0.3) is 0 Å². The molecule has 2 heteroatoms. The minimum absolute atomic E-state index is 1.01. The Balaban J connectivity index is 0. The van der Waals surface area contributed by atoms with Crippen molar-refractivity contribution in [3.63, 3.8) is 0 Å². The first-order valence-corrected chi connectivity index (χ1v) is 4.24. The average molecular weight is 168 g/mol. The molecule has 0 fully saturated rings. The number of allylic oxidation sites excluding steroid dienone is 3. The van der Waals surface area contributed by atoms with Crippen molar-refractivity contribution in [1.29, 1.82) is 0 Å². The molecule has 0 heterocycles. The lowest BCUT2D eigenvalue weighted by molar-refractivity contribution is 0.907. The standard InChI is InChI=1S/C8H14N2.C2H6/c1-5-6-8(7(2)3)10-9-4;1-2/h5-6,10H,4H2,1-3H3;1-2H3/b6-5-;. The summed E-state index contributed by atoms with van der Waals surface area (Å²) in [6, 6.07) is 0. The molecule has 0 bridgehead atoms. The van der Waals surface area contributed by atoms with Gasteiger partial charge in [-0.15, -0.1) is 0 Å². The Labute approximate surface area is 76.1 Å². The van der Waals surface area contributed by atoms with Gasteiger partial charge in [-0.1, -0.05) is 25.5 Å². The zero-order valence-electron chi connectivity index (χ0n) is 8.81. The maximum Gasteiger partial charge on any atom is 0.0544 e. The summed E-state index contributed by atoms with van der Waals surface area (Å²) in [4.78, 5) is 0. The van der Waals surface area contributed by atoms with Crippen LogP contribution in [0.1, 0.15) is 34.6 Å². The van der Waals surface area contributed by atoms with Crippen LogP contribution < -0.4 is 5.43 Å². The molecule has 12 heavy (non-hydrogen) atoms. The van der Waals surface area contributed by atoms with E-state index in [1.165, 1.54) is 5.57 Å². The molecule has 1 N–H and O–H groups in total. The highest BCUT2D eigenvalue weighted by molar-refractivity contribution is 5.26. The van der Waals surface area contributed by atoms with Crippen molar-refractivity contribution >= 4 is 6.72 Å². The Morgan fingerprint density at radius 3 is 2.08 bits per heavy atom. The summed E-state index contributed by atoms with van der Waals surface area (Å²) in [5, 5.41) is 3.57. The van der Waals surface area contributed by atoms with E-state index in [1.54, 1.807) is 0 Å². The van der Waals surface area contributed by atoms with Gasteiger partial charge >= 0.3 is 0 Å². The highest BCUT2D eigenvalue weighted by Gasteiger charge is 1.88. The molecular weight excluding hydrogens is 148 g/mol. The van der Waals surface area contributed by atoms with E-state index in [2.05, 4.69) is 17.2 Å². The van der Waals surface area contributed by atoms with Crippen molar-refractivity contribution in [2.24, 2.45) is 5.10 Å². The molecule has 0 amide bonds. The number of hydrogen-bond acceptors (Lipinski definition) is 2. The first-order valence-electron chi connectivity index (χ1n) is 4.24. The Bertz CT molecular complexity index is 163. The highest BCUT2D eigenvalue weighted by Crippen LogP contribution is 2.00. The van der Waals surface area contributed by atoms with Gasteiger partial charge in [-0.05, 0) is 26.8 Å². The van der Waals surface area contributed by atoms with Crippen LogP contribution >= 0.6 is 0 Å². The zero-order valence-corrected chi connectivity index (χ0v) is 8.81. The lowest BCUT2D eigenvalue weighted by atomic mass is 10.2. The van der Waals surface area contributed by atoms with Crippen molar-refractivity contribution in [3.05, 3.63) is 23.4 Å². The van der Waals surface area contributed by atoms with Gasteiger partial charge < -0.3 is 0 Å². The van der Waals surface area contributed by atoms with E-state index in [0.717, 1.165) is 5.70 Å². The van der Waals surface area contributed by atoms with E-state index >= 15 is 0 Å². The fourth-order valence-electron chi connectivity index (χ4n) is 0.568. The smallest absolute Gasteiger partial charge is 0.0544 e. The number of hydrogen-bond donors (Lipinski definition) is 1. The minimum Gasteiger partial charge on any atom is -0.279 e. The largest absolute Gasteiger partial charge is 0.279 e. The first kappa shape index (κ1) is 13.5. The van der Waals surface area contributed by atoms with E-state index in [4.69, 9.17) is 0 Å². The topological polar surface area (TPSA) is 24.4 Å². The molecule has 0 aromatic heterocycles. The second-order valence-corrected chi connectivity index (χ2v) is 2.18. The molecule has 0 radical (unpaired) electrons. The van der Waals surface area contributed by atoms with Gasteiger partial charge in [0.1, 0.15) is 0 Å². The van der Waals surface area contributed by atoms with Crippen LogP contribution in [0.25, 0.3) is 0 Å². The Kier molecular flexibility index (Phi) is 11.2. The van der Waals surface area contributed by atoms with E-state index in [9.17, 15) is 0 Å². The fraction of sp³-hybridized carbons (Fsp3) is 0.500. The molecular formula is C10H20N2. The van der Waals surface area contributed by atoms with Crippen LogP contribution in [0, 0.1) is 0 Å². The summed E-state index contributed by atoms with van der Waals surface area (Å²) < 4.78 is 0. The predicted molar refractivity (Wildman–Crippen MR) is 57.2 cm³/mol. The van der Waals surface area contributed by atoms with Crippen LogP contribution in [0.2, 0.25) is 0 Å². The fourth-order valence-corrected chi connectivity index (χ4v) is 0.568. The van der Waals surface area contributed by atoms with E-state index in [1.807, 2.05) is 46.8 Å². The van der Waals surface area contributed by atoms with Crippen LogP contribution in [-0.4, -0.2) is 6.72 Å². The van der Waals surface area contributed by atoms with E-state index in [0.29, 0.717) is 0 Å². The van der Waals surface area contributed by atoms with Crippen molar-refractivity contribution in [2.45, 2.75) is 34.6 Å². The van der Waals surface area contributed by atoms with E-state index < -0.39 is 0 Å². The lowest BCUT2D eigenvalue weighted by Crippen LogP contribution is -2.03. The maximum atomic E-state index is 3.57. The van der Waals surface area contributed by atoms with Gasteiger partial charge in [-0.2, -0.15) is 5.10 Å². The summed E-state index contributed by atoms with van der Waals surface area (Å²) >= 11 is 0. The molecule has 0 aliphatic carbocycles. The van der Waals surface area contributed by atoms with Crippen LogP contribution in [0.4, 0.5) is 0 Å². The molecule has 0 aromatic carbocycles. The van der Waals surface area contributed by atoms with E-state index in [-0.39, 0.29) is 0 Å². The number of nitrogens with one attached hydrogen (secondary N) is 1. The Morgan fingerprint density at radius 1 is 1.33 bits per heavy atom. The molecule has 2 nitrogen and oxygen atoms in total. The van der Waals surface area contributed by atoms with Gasteiger partial charge in [0.05, 0.1) is 5.70 Å².